The summed E-state index contributed by atoms with van der Waals surface area (Å²) in [4.78, 5) is 17.5. The Morgan fingerprint density at radius 2 is 1.94 bits per heavy atom. The first-order valence-electron chi connectivity index (χ1n) is 10.4. The summed E-state index contributed by atoms with van der Waals surface area (Å²) in [6, 6.07) is 14.0. The molecule has 3 heterocycles. The molecule has 0 spiro atoms. The number of benzene rings is 2. The topological polar surface area (TPSA) is 89.2 Å². The molecule has 0 bridgehead atoms. The third-order valence-corrected chi connectivity index (χ3v) is 7.88. The zero-order valence-electron chi connectivity index (χ0n) is 17.5. The van der Waals surface area contributed by atoms with E-state index in [2.05, 4.69) is 39.8 Å². The summed E-state index contributed by atoms with van der Waals surface area (Å²) in [5, 5.41) is 5.35. The quantitative estimate of drug-likeness (QED) is 0.495. The lowest BCUT2D eigenvalue weighted by Gasteiger charge is -2.07. The molecule has 4 aromatic rings. The van der Waals surface area contributed by atoms with E-state index >= 15 is 0 Å². The van der Waals surface area contributed by atoms with Crippen LogP contribution in [0.5, 0.6) is 0 Å². The molecule has 0 aliphatic carbocycles. The normalized spacial score (nSPS) is 18.6. The number of hydrogen-bond acceptors (Lipinski definition) is 4. The highest BCUT2D eigenvalue weighted by Crippen LogP contribution is 2.31. The summed E-state index contributed by atoms with van der Waals surface area (Å²) >= 11 is 0. The summed E-state index contributed by atoms with van der Waals surface area (Å²) < 4.78 is 27.3. The first-order chi connectivity index (χ1) is 14.9. The minimum absolute atomic E-state index is 0.00159. The third-order valence-electron chi connectivity index (χ3n) is 6.13. The molecule has 2 aromatic carbocycles. The zero-order chi connectivity index (χ0) is 21.8. The van der Waals surface area contributed by atoms with E-state index in [4.69, 9.17) is 0 Å². The van der Waals surface area contributed by atoms with Gasteiger partial charge < -0.3 is 4.57 Å². The second kappa shape index (κ2) is 7.23. The van der Waals surface area contributed by atoms with Crippen LogP contribution in [0.1, 0.15) is 30.6 Å². The lowest BCUT2D eigenvalue weighted by molar-refractivity contribution is 0.483. The van der Waals surface area contributed by atoms with Gasteiger partial charge in [0.1, 0.15) is 0 Å². The SMILES string of the molecule is CCn1c2ccccc2c2cc(N=Cc3c(C)[nH]n([C@@H]4CCS(=O)(=O)C4)c3=O)ccc21. The van der Waals surface area contributed by atoms with Crippen LogP contribution in [0.25, 0.3) is 21.8 Å². The van der Waals surface area contributed by atoms with Crippen LogP contribution in [0.3, 0.4) is 0 Å². The smallest absolute Gasteiger partial charge is 0.275 e. The summed E-state index contributed by atoms with van der Waals surface area (Å²) in [5.41, 5.74) is 4.03. The van der Waals surface area contributed by atoms with Crippen LogP contribution in [0.15, 0.2) is 52.3 Å². The van der Waals surface area contributed by atoms with Gasteiger partial charge >= 0.3 is 0 Å². The van der Waals surface area contributed by atoms with Gasteiger partial charge in [-0.1, -0.05) is 18.2 Å². The lowest BCUT2D eigenvalue weighted by Crippen LogP contribution is -2.25. The van der Waals surface area contributed by atoms with Gasteiger partial charge in [0.05, 0.1) is 28.8 Å². The van der Waals surface area contributed by atoms with Crippen LogP contribution in [-0.4, -0.2) is 40.5 Å². The number of H-pyrrole nitrogens is 1. The number of aryl methyl sites for hydroxylation is 2. The van der Waals surface area contributed by atoms with Crippen molar-refractivity contribution in [2.45, 2.75) is 32.9 Å². The number of aromatic amines is 1. The predicted octanol–water partition coefficient (Wildman–Crippen LogP) is 3.72. The standard InChI is InChI=1S/C23H24N4O3S/c1-3-26-21-7-5-4-6-18(21)19-12-16(8-9-22(19)26)24-13-20-15(2)25-27(23(20)28)17-10-11-31(29,30)14-17/h4-9,12-13,17,25H,3,10-11,14H2,1-2H3/t17-/m1/s1. The highest BCUT2D eigenvalue weighted by molar-refractivity contribution is 7.91. The Balaban J connectivity index is 1.53. The molecule has 1 N–H and O–H groups in total. The number of sulfone groups is 1. The number of aromatic nitrogens is 3. The summed E-state index contributed by atoms with van der Waals surface area (Å²) in [6.45, 7) is 4.82. The van der Waals surface area contributed by atoms with Crippen molar-refractivity contribution in [1.29, 1.82) is 0 Å². The van der Waals surface area contributed by atoms with Crippen molar-refractivity contribution in [2.75, 3.05) is 11.5 Å². The lowest BCUT2D eigenvalue weighted by atomic mass is 10.1. The molecule has 5 rings (SSSR count). The first-order valence-corrected chi connectivity index (χ1v) is 12.3. The van der Waals surface area contributed by atoms with E-state index < -0.39 is 9.84 Å². The molecule has 2 aromatic heterocycles. The van der Waals surface area contributed by atoms with Crippen LogP contribution >= 0.6 is 0 Å². The van der Waals surface area contributed by atoms with Gasteiger partial charge in [0.25, 0.3) is 5.56 Å². The van der Waals surface area contributed by atoms with Crippen LogP contribution in [0.4, 0.5) is 5.69 Å². The number of rotatable bonds is 4. The van der Waals surface area contributed by atoms with E-state index in [1.807, 2.05) is 24.3 Å². The Labute approximate surface area is 179 Å². The Kier molecular flexibility index (Phi) is 4.62. The van der Waals surface area contributed by atoms with E-state index in [0.29, 0.717) is 17.7 Å². The highest BCUT2D eigenvalue weighted by Gasteiger charge is 2.31. The minimum atomic E-state index is -3.07. The Hall–Kier alpha value is -3.13. The van der Waals surface area contributed by atoms with Crippen molar-refractivity contribution < 1.29 is 8.42 Å². The molecular weight excluding hydrogens is 412 g/mol. The van der Waals surface area contributed by atoms with Gasteiger partial charge in [0, 0.05) is 40.3 Å². The molecule has 1 atom stereocenters. The molecule has 1 aliphatic rings. The number of fused-ring (bicyclic) bond motifs is 3. The molecule has 1 aliphatic heterocycles. The Morgan fingerprint density at radius 3 is 2.68 bits per heavy atom. The molecular formula is C23H24N4O3S. The third kappa shape index (κ3) is 3.31. The Morgan fingerprint density at radius 1 is 1.16 bits per heavy atom. The van der Waals surface area contributed by atoms with Gasteiger partial charge in [-0.05, 0) is 44.5 Å². The van der Waals surface area contributed by atoms with Gasteiger partial charge in [-0.15, -0.1) is 0 Å². The molecule has 1 fully saturated rings. The number of para-hydroxylation sites is 1. The van der Waals surface area contributed by atoms with Crippen LogP contribution in [-0.2, 0) is 16.4 Å². The molecule has 0 saturated carbocycles. The van der Waals surface area contributed by atoms with E-state index in [1.54, 1.807) is 13.1 Å². The van der Waals surface area contributed by atoms with E-state index in [9.17, 15) is 13.2 Å². The van der Waals surface area contributed by atoms with Crippen LogP contribution in [0, 0.1) is 6.92 Å². The van der Waals surface area contributed by atoms with Crippen molar-refractivity contribution in [3.8, 4) is 0 Å². The van der Waals surface area contributed by atoms with Gasteiger partial charge in [-0.2, -0.15) is 0 Å². The molecule has 0 unspecified atom stereocenters. The van der Waals surface area contributed by atoms with Crippen LogP contribution in [0.2, 0.25) is 0 Å². The number of hydrogen-bond donors (Lipinski definition) is 1. The molecule has 31 heavy (non-hydrogen) atoms. The molecule has 160 valence electrons. The molecule has 8 heteroatoms. The van der Waals surface area contributed by atoms with Crippen LogP contribution < -0.4 is 5.56 Å². The zero-order valence-corrected chi connectivity index (χ0v) is 18.3. The van der Waals surface area contributed by atoms with Crippen molar-refractivity contribution >= 4 is 43.5 Å². The molecule has 0 amide bonds. The maximum atomic E-state index is 12.9. The van der Waals surface area contributed by atoms with Crippen molar-refractivity contribution in [3.63, 3.8) is 0 Å². The first kappa shape index (κ1) is 19.8. The van der Waals surface area contributed by atoms with Crippen molar-refractivity contribution in [2.24, 2.45) is 4.99 Å². The minimum Gasteiger partial charge on any atom is -0.341 e. The molecule has 7 nitrogen and oxygen atoms in total. The van der Waals surface area contributed by atoms with Crippen molar-refractivity contribution in [1.82, 2.24) is 14.3 Å². The average molecular weight is 437 g/mol. The van der Waals surface area contributed by atoms with E-state index in [-0.39, 0.29) is 23.1 Å². The highest BCUT2D eigenvalue weighted by atomic mass is 32.2. The molecule has 1 saturated heterocycles. The fourth-order valence-corrected chi connectivity index (χ4v) is 6.27. The van der Waals surface area contributed by atoms with Gasteiger partial charge in [0.2, 0.25) is 0 Å². The predicted molar refractivity (Wildman–Crippen MR) is 124 cm³/mol. The second-order valence-electron chi connectivity index (χ2n) is 8.10. The second-order valence-corrected chi connectivity index (χ2v) is 10.3. The summed E-state index contributed by atoms with van der Waals surface area (Å²) in [5.74, 6) is 0.124. The number of aliphatic imine (C=N–C) groups is 1. The van der Waals surface area contributed by atoms with Gasteiger partial charge in [-0.3, -0.25) is 14.9 Å². The van der Waals surface area contributed by atoms with Gasteiger partial charge in [0.15, 0.2) is 9.84 Å². The molecule has 0 radical (unpaired) electrons. The number of nitrogens with one attached hydrogen (secondary N) is 1. The largest absolute Gasteiger partial charge is 0.341 e. The van der Waals surface area contributed by atoms with E-state index in [0.717, 1.165) is 23.1 Å². The fourth-order valence-electron chi connectivity index (χ4n) is 4.57. The van der Waals surface area contributed by atoms with Gasteiger partial charge in [-0.25, -0.2) is 13.1 Å². The fraction of sp³-hybridized carbons (Fsp3) is 0.304. The maximum Gasteiger partial charge on any atom is 0.275 e. The average Bonchev–Trinajstić information content (AvgIpc) is 3.37. The summed E-state index contributed by atoms with van der Waals surface area (Å²) in [6.07, 6.45) is 2.03. The number of nitrogens with zero attached hydrogens (tertiary/aromatic N) is 3. The van der Waals surface area contributed by atoms with Crippen molar-refractivity contribution in [3.05, 3.63) is 64.1 Å². The summed E-state index contributed by atoms with van der Waals surface area (Å²) in [7, 11) is -3.07. The Bertz CT molecular complexity index is 1510. The maximum absolute atomic E-state index is 12.9. The monoisotopic (exact) mass is 436 g/mol. The van der Waals surface area contributed by atoms with E-state index in [1.165, 1.54) is 15.6 Å².